The number of thiazole rings is 1. The minimum absolute atomic E-state index is 0.116. The largest absolute Gasteiger partial charge is 0.431 e. The van der Waals surface area contributed by atoms with Gasteiger partial charge in [0.05, 0.1) is 18.4 Å². The average molecular weight is 404 g/mol. The molecule has 0 saturated heterocycles. The summed E-state index contributed by atoms with van der Waals surface area (Å²) >= 11 is 1.37. The van der Waals surface area contributed by atoms with Crippen molar-refractivity contribution >= 4 is 27.9 Å². The van der Waals surface area contributed by atoms with Gasteiger partial charge >= 0.3 is 0 Å². The summed E-state index contributed by atoms with van der Waals surface area (Å²) in [4.78, 5) is 20.9. The van der Waals surface area contributed by atoms with E-state index in [1.54, 1.807) is 17.4 Å². The van der Waals surface area contributed by atoms with Gasteiger partial charge in [-0.25, -0.2) is 9.99 Å². The highest BCUT2D eigenvalue weighted by atomic mass is 32.1. The number of amides is 1. The molecule has 1 aromatic heterocycles. The van der Waals surface area contributed by atoms with Gasteiger partial charge < -0.3 is 20.2 Å². The van der Waals surface area contributed by atoms with Gasteiger partial charge in [-0.15, -0.1) is 0 Å². The van der Waals surface area contributed by atoms with Crippen molar-refractivity contribution in [2.45, 2.75) is 33.7 Å². The number of benzene rings is 1. The van der Waals surface area contributed by atoms with Crippen LogP contribution in [0.1, 0.15) is 27.7 Å². The lowest BCUT2D eigenvalue weighted by molar-refractivity contribution is -0.119. The zero-order valence-corrected chi connectivity index (χ0v) is 17.2. The molecule has 1 aromatic carbocycles. The fourth-order valence-corrected chi connectivity index (χ4v) is 3.15. The second kappa shape index (κ2) is 8.94. The average Bonchev–Trinajstić information content (AvgIpc) is 3.30. The van der Waals surface area contributed by atoms with Crippen molar-refractivity contribution in [2.75, 3.05) is 16.9 Å². The molecule has 0 saturated carbocycles. The Labute approximate surface area is 168 Å². The first kappa shape index (κ1) is 20.0. The number of ether oxygens (including phenoxy) is 1. The van der Waals surface area contributed by atoms with Crippen molar-refractivity contribution in [3.05, 3.63) is 42.4 Å². The molecular formula is C19H25N5O3S. The van der Waals surface area contributed by atoms with Crippen LogP contribution in [0.5, 0.6) is 10.9 Å². The second-order valence-electron chi connectivity index (χ2n) is 6.88. The summed E-state index contributed by atoms with van der Waals surface area (Å²) in [7, 11) is 0. The molecule has 1 atom stereocenters. The highest BCUT2D eigenvalue weighted by Gasteiger charge is 2.22. The van der Waals surface area contributed by atoms with Crippen LogP contribution in [0, 0.1) is 5.92 Å². The van der Waals surface area contributed by atoms with Gasteiger partial charge in [0.25, 0.3) is 5.19 Å². The molecule has 0 bridgehead atoms. The number of hydrazine groups is 1. The van der Waals surface area contributed by atoms with Crippen molar-refractivity contribution in [1.29, 1.82) is 0 Å². The molecule has 9 heteroatoms. The standard InChI is InChI=1S/C19H25N5O3S/c1-12(2)9-20-15-5-7-16(8-6-15)26-19-21-10-18(28-19)24-11-17(27-23-24)13(3)22-14(4)25/h5-8,10-13,20,23H,9H2,1-4H3,(H,22,25). The van der Waals surface area contributed by atoms with E-state index >= 15 is 0 Å². The van der Waals surface area contributed by atoms with Gasteiger partial charge in [-0.1, -0.05) is 30.8 Å². The number of rotatable bonds is 8. The molecule has 1 aliphatic heterocycles. The van der Waals surface area contributed by atoms with E-state index in [1.165, 1.54) is 18.3 Å². The zero-order valence-electron chi connectivity index (χ0n) is 16.4. The van der Waals surface area contributed by atoms with Crippen molar-refractivity contribution < 1.29 is 14.4 Å². The Balaban J connectivity index is 1.58. The van der Waals surface area contributed by atoms with E-state index in [0.717, 1.165) is 23.0 Å². The molecule has 0 spiro atoms. The van der Waals surface area contributed by atoms with Crippen LogP contribution < -0.4 is 26.0 Å². The van der Waals surface area contributed by atoms with Crippen LogP contribution in [0.3, 0.4) is 0 Å². The summed E-state index contributed by atoms with van der Waals surface area (Å²) in [5.74, 6) is 1.80. The molecule has 1 amide bonds. The monoisotopic (exact) mass is 403 g/mol. The minimum Gasteiger partial charge on any atom is -0.431 e. The fourth-order valence-electron chi connectivity index (χ4n) is 2.44. The summed E-state index contributed by atoms with van der Waals surface area (Å²) in [6.07, 6.45) is 3.46. The first-order chi connectivity index (χ1) is 13.4. The summed E-state index contributed by atoms with van der Waals surface area (Å²) in [6, 6.07) is 7.56. The van der Waals surface area contributed by atoms with E-state index < -0.39 is 0 Å². The predicted molar refractivity (Wildman–Crippen MR) is 110 cm³/mol. The van der Waals surface area contributed by atoms with Gasteiger partial charge in [0.2, 0.25) is 5.91 Å². The number of nitrogens with one attached hydrogen (secondary N) is 3. The van der Waals surface area contributed by atoms with Crippen LogP contribution in [-0.2, 0) is 9.63 Å². The summed E-state index contributed by atoms with van der Waals surface area (Å²) in [5.41, 5.74) is 3.84. The molecular weight excluding hydrogens is 378 g/mol. The molecule has 2 heterocycles. The lowest BCUT2D eigenvalue weighted by Gasteiger charge is -2.11. The molecule has 0 aliphatic carbocycles. The van der Waals surface area contributed by atoms with Gasteiger partial charge in [0, 0.05) is 19.2 Å². The first-order valence-corrected chi connectivity index (χ1v) is 9.90. The Hall–Kier alpha value is -2.78. The molecule has 3 rings (SSSR count). The van der Waals surface area contributed by atoms with Crippen LogP contribution in [0.15, 0.2) is 42.4 Å². The third-order valence-electron chi connectivity index (χ3n) is 3.85. The third-order valence-corrected chi connectivity index (χ3v) is 4.72. The van der Waals surface area contributed by atoms with Crippen LogP contribution in [-0.4, -0.2) is 23.5 Å². The predicted octanol–water partition coefficient (Wildman–Crippen LogP) is 3.63. The number of carbonyl (C=O) groups excluding carboxylic acids is 1. The highest BCUT2D eigenvalue weighted by molar-refractivity contribution is 7.17. The highest BCUT2D eigenvalue weighted by Crippen LogP contribution is 2.33. The normalized spacial score (nSPS) is 14.5. The number of hydrogen-bond acceptors (Lipinski definition) is 8. The van der Waals surface area contributed by atoms with Crippen molar-refractivity contribution in [3.8, 4) is 10.9 Å². The zero-order chi connectivity index (χ0) is 20.1. The summed E-state index contributed by atoms with van der Waals surface area (Å²) in [6.45, 7) is 8.58. The topological polar surface area (TPSA) is 87.8 Å². The minimum atomic E-state index is -0.235. The maximum Gasteiger partial charge on any atom is 0.280 e. The molecule has 0 fully saturated rings. The molecule has 1 aliphatic rings. The van der Waals surface area contributed by atoms with Gasteiger partial charge in [0.15, 0.2) is 5.76 Å². The van der Waals surface area contributed by atoms with E-state index in [9.17, 15) is 4.79 Å². The molecule has 1 unspecified atom stereocenters. The quantitative estimate of drug-likeness (QED) is 0.620. The molecule has 2 aromatic rings. The van der Waals surface area contributed by atoms with Crippen molar-refractivity contribution in [1.82, 2.24) is 15.9 Å². The Bertz CT molecular complexity index is 834. The Kier molecular flexibility index (Phi) is 6.37. The summed E-state index contributed by atoms with van der Waals surface area (Å²) < 4.78 is 5.83. The van der Waals surface area contributed by atoms with Crippen LogP contribution in [0.4, 0.5) is 10.7 Å². The molecule has 8 nitrogen and oxygen atoms in total. The maximum atomic E-state index is 11.2. The smallest absolute Gasteiger partial charge is 0.280 e. The van der Waals surface area contributed by atoms with Gasteiger partial charge in [-0.2, -0.15) is 0 Å². The molecule has 150 valence electrons. The second-order valence-corrected chi connectivity index (χ2v) is 7.85. The number of carbonyl (C=O) groups is 1. The van der Waals surface area contributed by atoms with E-state index in [0.29, 0.717) is 16.9 Å². The van der Waals surface area contributed by atoms with E-state index in [4.69, 9.17) is 9.57 Å². The number of aromatic nitrogens is 1. The first-order valence-electron chi connectivity index (χ1n) is 9.09. The molecule has 0 radical (unpaired) electrons. The molecule has 3 N–H and O–H groups in total. The van der Waals surface area contributed by atoms with Crippen LogP contribution in [0.2, 0.25) is 0 Å². The van der Waals surface area contributed by atoms with Gasteiger partial charge in [0.1, 0.15) is 10.8 Å². The SMILES string of the molecule is CC(=O)NC(C)C1=CN(c2cnc(Oc3ccc(NCC(C)C)cc3)s2)NO1. The van der Waals surface area contributed by atoms with Crippen LogP contribution >= 0.6 is 11.3 Å². The van der Waals surface area contributed by atoms with Crippen molar-refractivity contribution in [3.63, 3.8) is 0 Å². The van der Waals surface area contributed by atoms with E-state index in [-0.39, 0.29) is 11.9 Å². The lowest BCUT2D eigenvalue weighted by atomic mass is 10.2. The van der Waals surface area contributed by atoms with Crippen molar-refractivity contribution in [2.24, 2.45) is 5.92 Å². The van der Waals surface area contributed by atoms with E-state index in [2.05, 4.69) is 35.1 Å². The van der Waals surface area contributed by atoms with E-state index in [1.807, 2.05) is 31.2 Å². The number of nitrogens with zero attached hydrogens (tertiary/aromatic N) is 2. The van der Waals surface area contributed by atoms with Gasteiger partial charge in [-0.05, 0) is 37.1 Å². The Morgan fingerprint density at radius 1 is 1.32 bits per heavy atom. The Morgan fingerprint density at radius 2 is 2.07 bits per heavy atom. The maximum absolute atomic E-state index is 11.2. The summed E-state index contributed by atoms with van der Waals surface area (Å²) in [5, 5.41) is 9.16. The third kappa shape index (κ3) is 5.37. The fraction of sp³-hybridized carbons (Fsp3) is 0.368. The molecule has 28 heavy (non-hydrogen) atoms. The Morgan fingerprint density at radius 3 is 2.75 bits per heavy atom. The van der Waals surface area contributed by atoms with Crippen LogP contribution in [0.25, 0.3) is 0 Å². The van der Waals surface area contributed by atoms with Gasteiger partial charge in [-0.3, -0.25) is 4.79 Å². The number of anilines is 2. The lowest BCUT2D eigenvalue weighted by Crippen LogP contribution is -2.33. The number of hydrogen-bond donors (Lipinski definition) is 3.